The lowest BCUT2D eigenvalue weighted by Crippen LogP contribution is -2.42. The molecule has 3 N–H and O–H groups in total. The first kappa shape index (κ1) is 6.82. The smallest absolute Gasteiger partial charge is 0.0616 e. The van der Waals surface area contributed by atoms with Crippen LogP contribution in [0.2, 0.25) is 0 Å². The number of aromatic nitrogens is 2. The topological polar surface area (TPSA) is 52.7 Å². The van der Waals surface area contributed by atoms with Gasteiger partial charge in [0.1, 0.15) is 0 Å². The molecule has 0 radical (unpaired) electrons. The van der Waals surface area contributed by atoms with E-state index >= 15 is 0 Å². The largest absolute Gasteiger partial charge is 0.314 e. The number of aromatic amines is 1. The van der Waals surface area contributed by atoms with Crippen LogP contribution in [-0.2, 0) is 0 Å². The molecule has 1 atom stereocenters. The molecular weight excluding hydrogens is 140 g/mol. The summed E-state index contributed by atoms with van der Waals surface area (Å²) in [6, 6.07) is 2.41. The van der Waals surface area contributed by atoms with E-state index in [2.05, 4.69) is 20.8 Å². The molecule has 1 aliphatic heterocycles. The molecule has 0 unspecified atom stereocenters. The minimum absolute atomic E-state index is 0.409. The van der Waals surface area contributed by atoms with Crippen LogP contribution in [-0.4, -0.2) is 29.8 Å². The molecule has 0 bridgehead atoms. The van der Waals surface area contributed by atoms with Crippen LogP contribution in [0.3, 0.4) is 0 Å². The molecule has 11 heavy (non-hydrogen) atoms. The Morgan fingerprint density at radius 1 is 1.45 bits per heavy atom. The van der Waals surface area contributed by atoms with E-state index in [1.54, 1.807) is 6.20 Å². The van der Waals surface area contributed by atoms with Gasteiger partial charge in [-0.25, -0.2) is 0 Å². The van der Waals surface area contributed by atoms with Crippen LogP contribution in [0, 0.1) is 0 Å². The lowest BCUT2D eigenvalue weighted by Gasteiger charge is -2.22. The van der Waals surface area contributed by atoms with E-state index in [9.17, 15) is 0 Å². The normalized spacial score (nSPS) is 25.3. The summed E-state index contributed by atoms with van der Waals surface area (Å²) in [5, 5.41) is 13.6. The van der Waals surface area contributed by atoms with Gasteiger partial charge >= 0.3 is 0 Å². The number of piperazine rings is 1. The van der Waals surface area contributed by atoms with Crippen molar-refractivity contribution in [3.8, 4) is 0 Å². The average molecular weight is 152 g/mol. The first-order valence-electron chi connectivity index (χ1n) is 3.90. The van der Waals surface area contributed by atoms with Gasteiger partial charge in [0.05, 0.1) is 11.7 Å². The summed E-state index contributed by atoms with van der Waals surface area (Å²) in [7, 11) is 0. The third-order valence-electron chi connectivity index (χ3n) is 1.94. The Hall–Kier alpha value is -0.870. The molecule has 0 spiro atoms. The van der Waals surface area contributed by atoms with Gasteiger partial charge < -0.3 is 10.6 Å². The summed E-state index contributed by atoms with van der Waals surface area (Å²) >= 11 is 0. The highest BCUT2D eigenvalue weighted by Crippen LogP contribution is 2.08. The fraction of sp³-hybridized carbons (Fsp3) is 0.571. The van der Waals surface area contributed by atoms with Crippen molar-refractivity contribution >= 4 is 0 Å². The van der Waals surface area contributed by atoms with Gasteiger partial charge in [-0.1, -0.05) is 0 Å². The van der Waals surface area contributed by atoms with Crippen molar-refractivity contribution in [1.82, 2.24) is 20.8 Å². The van der Waals surface area contributed by atoms with Crippen LogP contribution < -0.4 is 10.6 Å². The molecule has 0 saturated carbocycles. The van der Waals surface area contributed by atoms with E-state index in [-0.39, 0.29) is 0 Å². The van der Waals surface area contributed by atoms with Crippen LogP contribution >= 0.6 is 0 Å². The SMILES string of the molecule is c1cc([C@@H]2CNCCN2)[nH]n1. The predicted octanol–water partition coefficient (Wildman–Crippen LogP) is -0.356. The van der Waals surface area contributed by atoms with Crippen molar-refractivity contribution in [2.75, 3.05) is 19.6 Å². The molecule has 1 aliphatic rings. The third-order valence-corrected chi connectivity index (χ3v) is 1.94. The number of nitrogens with zero attached hydrogens (tertiary/aromatic N) is 1. The van der Waals surface area contributed by atoms with E-state index in [0.29, 0.717) is 6.04 Å². The number of hydrogen-bond donors (Lipinski definition) is 3. The molecule has 4 heteroatoms. The number of rotatable bonds is 1. The summed E-state index contributed by atoms with van der Waals surface area (Å²) in [4.78, 5) is 0. The van der Waals surface area contributed by atoms with Crippen LogP contribution in [0.5, 0.6) is 0 Å². The monoisotopic (exact) mass is 152 g/mol. The lowest BCUT2D eigenvalue weighted by molar-refractivity contribution is 0.423. The summed E-state index contributed by atoms with van der Waals surface area (Å²) in [5.74, 6) is 0. The molecule has 2 heterocycles. The fourth-order valence-electron chi connectivity index (χ4n) is 1.33. The molecular formula is C7H12N4. The first-order valence-corrected chi connectivity index (χ1v) is 3.90. The molecule has 1 saturated heterocycles. The predicted molar refractivity (Wildman–Crippen MR) is 42.2 cm³/mol. The standard InChI is InChI=1S/C7H12N4/c1-2-10-11-6(1)7-5-8-3-4-9-7/h1-2,7-9H,3-5H2,(H,10,11)/t7-/m0/s1. The van der Waals surface area contributed by atoms with Gasteiger partial charge in [0, 0.05) is 25.8 Å². The van der Waals surface area contributed by atoms with Gasteiger partial charge in [0.15, 0.2) is 0 Å². The first-order chi connectivity index (χ1) is 5.47. The molecule has 1 aromatic rings. The van der Waals surface area contributed by atoms with E-state index in [1.807, 2.05) is 6.07 Å². The molecule has 2 rings (SSSR count). The van der Waals surface area contributed by atoms with Crippen molar-refractivity contribution in [3.05, 3.63) is 18.0 Å². The third kappa shape index (κ3) is 1.41. The number of H-pyrrole nitrogens is 1. The molecule has 0 aromatic carbocycles. The quantitative estimate of drug-likeness (QED) is 0.515. The number of nitrogens with one attached hydrogen (secondary N) is 3. The maximum absolute atomic E-state index is 3.90. The summed E-state index contributed by atoms with van der Waals surface area (Å²) in [6.45, 7) is 3.08. The molecule has 1 fully saturated rings. The zero-order chi connectivity index (χ0) is 7.52. The maximum atomic E-state index is 3.90. The minimum atomic E-state index is 0.409. The Kier molecular flexibility index (Phi) is 1.87. The zero-order valence-corrected chi connectivity index (χ0v) is 6.30. The molecule has 0 aliphatic carbocycles. The van der Waals surface area contributed by atoms with Crippen LogP contribution in [0.25, 0.3) is 0 Å². The Morgan fingerprint density at radius 2 is 2.45 bits per heavy atom. The second-order valence-electron chi connectivity index (χ2n) is 2.72. The Balaban J connectivity index is 2.04. The van der Waals surface area contributed by atoms with Crippen LogP contribution in [0.4, 0.5) is 0 Å². The molecule has 0 amide bonds. The summed E-state index contributed by atoms with van der Waals surface area (Å²) in [5.41, 5.74) is 1.16. The second-order valence-corrected chi connectivity index (χ2v) is 2.72. The molecule has 60 valence electrons. The molecule has 1 aromatic heterocycles. The minimum Gasteiger partial charge on any atom is -0.314 e. The van der Waals surface area contributed by atoms with Crippen LogP contribution in [0.1, 0.15) is 11.7 Å². The Morgan fingerprint density at radius 3 is 3.09 bits per heavy atom. The fourth-order valence-corrected chi connectivity index (χ4v) is 1.33. The van der Waals surface area contributed by atoms with E-state index in [4.69, 9.17) is 0 Å². The number of hydrogen-bond acceptors (Lipinski definition) is 3. The molecule has 4 nitrogen and oxygen atoms in total. The Bertz CT molecular complexity index is 200. The van der Waals surface area contributed by atoms with Gasteiger partial charge in [0.2, 0.25) is 0 Å². The van der Waals surface area contributed by atoms with Crippen molar-refractivity contribution < 1.29 is 0 Å². The van der Waals surface area contributed by atoms with Crippen molar-refractivity contribution in [1.29, 1.82) is 0 Å². The van der Waals surface area contributed by atoms with Crippen molar-refractivity contribution in [2.24, 2.45) is 0 Å². The Labute approximate surface area is 65.4 Å². The van der Waals surface area contributed by atoms with Crippen molar-refractivity contribution in [2.45, 2.75) is 6.04 Å². The average Bonchev–Trinajstić information content (AvgIpc) is 2.58. The zero-order valence-electron chi connectivity index (χ0n) is 6.30. The highest BCUT2D eigenvalue weighted by atomic mass is 15.1. The van der Waals surface area contributed by atoms with E-state index < -0.39 is 0 Å². The maximum Gasteiger partial charge on any atom is 0.0616 e. The van der Waals surface area contributed by atoms with Crippen LogP contribution in [0.15, 0.2) is 12.3 Å². The van der Waals surface area contributed by atoms with Crippen molar-refractivity contribution in [3.63, 3.8) is 0 Å². The van der Waals surface area contributed by atoms with Gasteiger partial charge in [-0.2, -0.15) is 5.10 Å². The van der Waals surface area contributed by atoms with Gasteiger partial charge in [-0.15, -0.1) is 0 Å². The second kappa shape index (κ2) is 3.02. The van der Waals surface area contributed by atoms with Gasteiger partial charge in [-0.05, 0) is 6.07 Å². The highest BCUT2D eigenvalue weighted by Gasteiger charge is 2.14. The van der Waals surface area contributed by atoms with E-state index in [0.717, 1.165) is 25.3 Å². The van der Waals surface area contributed by atoms with E-state index in [1.165, 1.54) is 0 Å². The highest BCUT2D eigenvalue weighted by molar-refractivity contribution is 5.06. The summed E-state index contributed by atoms with van der Waals surface area (Å²) in [6.07, 6.45) is 1.78. The van der Waals surface area contributed by atoms with Gasteiger partial charge in [0.25, 0.3) is 0 Å². The lowest BCUT2D eigenvalue weighted by atomic mass is 10.2. The van der Waals surface area contributed by atoms with Gasteiger partial charge in [-0.3, -0.25) is 5.10 Å². The summed E-state index contributed by atoms with van der Waals surface area (Å²) < 4.78 is 0.